The van der Waals surface area contributed by atoms with Crippen LogP contribution in [-0.2, 0) is 9.53 Å². The molecule has 1 heterocycles. The third-order valence-corrected chi connectivity index (χ3v) is 4.08. The lowest BCUT2D eigenvalue weighted by atomic mass is 9.99. The zero-order chi connectivity index (χ0) is 18.3. The Balaban J connectivity index is 0.00000576. The molecule has 0 amide bonds. The number of likely N-dealkylation sites (tertiary alicyclic amines) is 1. The average Bonchev–Trinajstić information content (AvgIpc) is 2.86. The maximum absolute atomic E-state index is 12.2. The number of methoxy groups -OCH3 is 1. The lowest BCUT2D eigenvalue weighted by Gasteiger charge is -2.22. The van der Waals surface area contributed by atoms with Crippen molar-refractivity contribution in [2.24, 2.45) is 16.8 Å². The molecule has 6 nitrogen and oxygen atoms in total. The van der Waals surface area contributed by atoms with Crippen LogP contribution in [0.3, 0.4) is 0 Å². The number of guanidine groups is 1. The van der Waals surface area contributed by atoms with Crippen molar-refractivity contribution in [3.63, 3.8) is 0 Å². The summed E-state index contributed by atoms with van der Waals surface area (Å²) in [5, 5.41) is 3.14. The van der Waals surface area contributed by atoms with Crippen molar-refractivity contribution >= 4 is 35.9 Å². The van der Waals surface area contributed by atoms with E-state index >= 15 is 0 Å². The van der Waals surface area contributed by atoms with Crippen LogP contribution in [0.4, 0.5) is 13.2 Å². The van der Waals surface area contributed by atoms with Gasteiger partial charge in [-0.1, -0.05) is 6.92 Å². The molecule has 1 N–H and O–H groups in total. The van der Waals surface area contributed by atoms with Crippen molar-refractivity contribution in [3.8, 4) is 0 Å². The van der Waals surface area contributed by atoms with E-state index < -0.39 is 12.7 Å². The third-order valence-electron chi connectivity index (χ3n) is 4.08. The normalized spacial score (nSPS) is 21.3. The van der Waals surface area contributed by atoms with Crippen molar-refractivity contribution in [3.05, 3.63) is 0 Å². The number of rotatable bonds is 6. The number of aliphatic imine (C=N–C) groups is 1. The van der Waals surface area contributed by atoms with Crippen LogP contribution in [0.5, 0.6) is 0 Å². The van der Waals surface area contributed by atoms with Gasteiger partial charge in [0.2, 0.25) is 0 Å². The molecule has 148 valence electrons. The molecule has 2 atom stereocenters. The number of ether oxygens (including phenoxy) is 1. The molecule has 0 spiro atoms. The van der Waals surface area contributed by atoms with Gasteiger partial charge in [-0.15, -0.1) is 24.0 Å². The summed E-state index contributed by atoms with van der Waals surface area (Å²) in [4.78, 5) is 19.1. The molecule has 1 aliphatic heterocycles. The molecule has 25 heavy (non-hydrogen) atoms. The molecule has 10 heteroatoms. The van der Waals surface area contributed by atoms with Crippen LogP contribution in [-0.4, -0.2) is 81.8 Å². The highest BCUT2D eigenvalue weighted by atomic mass is 127. The minimum Gasteiger partial charge on any atom is -0.469 e. The number of nitrogens with zero attached hydrogens (tertiary/aromatic N) is 3. The van der Waals surface area contributed by atoms with Crippen molar-refractivity contribution in [1.29, 1.82) is 0 Å². The van der Waals surface area contributed by atoms with Gasteiger partial charge in [0.15, 0.2) is 5.96 Å². The zero-order valence-electron chi connectivity index (χ0n) is 15.1. The first-order valence-corrected chi connectivity index (χ1v) is 7.96. The van der Waals surface area contributed by atoms with Gasteiger partial charge in [0.25, 0.3) is 0 Å². The van der Waals surface area contributed by atoms with Gasteiger partial charge in [0.1, 0.15) is 0 Å². The molecule has 1 saturated heterocycles. The quantitative estimate of drug-likeness (QED) is 0.207. The summed E-state index contributed by atoms with van der Waals surface area (Å²) in [6.45, 7) is 3.15. The first kappa shape index (κ1) is 24.2. The number of nitrogens with one attached hydrogen (secondary N) is 1. The smallest absolute Gasteiger partial charge is 0.401 e. The van der Waals surface area contributed by atoms with Gasteiger partial charge in [-0.05, 0) is 25.9 Å². The van der Waals surface area contributed by atoms with Crippen molar-refractivity contribution in [1.82, 2.24) is 15.1 Å². The topological polar surface area (TPSA) is 57.2 Å². The summed E-state index contributed by atoms with van der Waals surface area (Å²) >= 11 is 0. The van der Waals surface area contributed by atoms with Crippen LogP contribution in [0.2, 0.25) is 0 Å². The zero-order valence-corrected chi connectivity index (χ0v) is 17.4. The molecule has 0 saturated carbocycles. The van der Waals surface area contributed by atoms with Crippen LogP contribution < -0.4 is 5.32 Å². The Kier molecular flexibility index (Phi) is 10.7. The lowest BCUT2D eigenvalue weighted by molar-refractivity contribution is -0.146. The summed E-state index contributed by atoms with van der Waals surface area (Å²) < 4.78 is 41.6. The van der Waals surface area contributed by atoms with E-state index in [1.54, 1.807) is 7.05 Å². The Morgan fingerprint density at radius 2 is 2.04 bits per heavy atom. The van der Waals surface area contributed by atoms with Crippen LogP contribution in [0.15, 0.2) is 4.99 Å². The molecule has 0 aromatic carbocycles. The molecule has 1 aliphatic rings. The van der Waals surface area contributed by atoms with E-state index in [1.165, 1.54) is 19.1 Å². The fourth-order valence-corrected chi connectivity index (χ4v) is 2.86. The fourth-order valence-electron chi connectivity index (χ4n) is 2.86. The number of esters is 1. The van der Waals surface area contributed by atoms with Gasteiger partial charge >= 0.3 is 12.1 Å². The Morgan fingerprint density at radius 1 is 1.40 bits per heavy atom. The summed E-state index contributed by atoms with van der Waals surface area (Å²) in [7, 11) is 4.47. The molecule has 1 rings (SSSR count). The summed E-state index contributed by atoms with van der Waals surface area (Å²) in [6, 6.07) is 0. The van der Waals surface area contributed by atoms with Gasteiger partial charge in [0.05, 0.1) is 19.6 Å². The van der Waals surface area contributed by atoms with Gasteiger partial charge in [0, 0.05) is 26.7 Å². The maximum Gasteiger partial charge on any atom is 0.401 e. The average molecular weight is 480 g/mol. The molecule has 0 aromatic heterocycles. The first-order valence-electron chi connectivity index (χ1n) is 7.96. The van der Waals surface area contributed by atoms with Crippen LogP contribution in [0.25, 0.3) is 0 Å². The minimum atomic E-state index is -4.17. The van der Waals surface area contributed by atoms with Crippen molar-refractivity contribution < 1.29 is 22.7 Å². The van der Waals surface area contributed by atoms with E-state index in [0.717, 1.165) is 0 Å². The van der Waals surface area contributed by atoms with Gasteiger partial charge in [-0.25, -0.2) is 0 Å². The summed E-state index contributed by atoms with van der Waals surface area (Å²) in [5.41, 5.74) is 0. The second-order valence-corrected chi connectivity index (χ2v) is 6.19. The highest BCUT2D eigenvalue weighted by Gasteiger charge is 2.36. The molecule has 0 bridgehead atoms. The monoisotopic (exact) mass is 480 g/mol. The number of halogens is 4. The fraction of sp³-hybridized carbons (Fsp3) is 0.867. The molecule has 1 fully saturated rings. The Morgan fingerprint density at radius 3 is 2.56 bits per heavy atom. The molecular weight excluding hydrogens is 452 g/mol. The minimum absolute atomic E-state index is 0. The Bertz CT molecular complexity index is 449. The van der Waals surface area contributed by atoms with Crippen LogP contribution in [0, 0.1) is 11.8 Å². The molecule has 2 unspecified atom stereocenters. The first-order chi connectivity index (χ1) is 11.2. The van der Waals surface area contributed by atoms with Crippen molar-refractivity contribution in [2.75, 3.05) is 53.9 Å². The van der Waals surface area contributed by atoms with Gasteiger partial charge in [-0.3, -0.25) is 14.7 Å². The molecule has 0 aromatic rings. The van der Waals surface area contributed by atoms with E-state index in [9.17, 15) is 18.0 Å². The summed E-state index contributed by atoms with van der Waals surface area (Å²) in [6.07, 6.45) is -3.61. The Labute approximate surface area is 164 Å². The second kappa shape index (κ2) is 11.0. The van der Waals surface area contributed by atoms with Crippen LogP contribution >= 0.6 is 24.0 Å². The third kappa shape index (κ3) is 8.43. The second-order valence-electron chi connectivity index (χ2n) is 6.19. The number of carbonyl (C=O) groups is 1. The number of hydrogen-bond donors (Lipinski definition) is 1. The number of alkyl halides is 3. The number of carbonyl (C=O) groups excluding carboxylic acids is 1. The predicted octanol–water partition coefficient (Wildman–Crippen LogP) is 1.80. The SMILES string of the molecule is CN=C(NCCCN(C)CC(F)(F)F)N1CC(C)C(C(=O)OC)C1.I. The molecule has 0 aliphatic carbocycles. The molecular formula is C15H28F3IN4O2. The predicted molar refractivity (Wildman–Crippen MR) is 101 cm³/mol. The largest absolute Gasteiger partial charge is 0.469 e. The molecule has 0 radical (unpaired) electrons. The summed E-state index contributed by atoms with van der Waals surface area (Å²) in [5.74, 6) is 0.404. The van der Waals surface area contributed by atoms with Gasteiger partial charge in [-0.2, -0.15) is 13.2 Å². The van der Waals surface area contributed by atoms with E-state index in [2.05, 4.69) is 10.3 Å². The van der Waals surface area contributed by atoms with E-state index in [4.69, 9.17) is 4.74 Å². The highest BCUT2D eigenvalue weighted by Crippen LogP contribution is 2.24. The van der Waals surface area contributed by atoms with E-state index in [-0.39, 0.29) is 41.8 Å². The number of hydrogen-bond acceptors (Lipinski definition) is 4. The van der Waals surface area contributed by atoms with Crippen LogP contribution in [0.1, 0.15) is 13.3 Å². The standard InChI is InChI=1S/C15H27F3N4O2.HI/c1-11-8-22(9-12(11)13(23)24-4)14(19-2)20-6-5-7-21(3)10-15(16,17)18;/h11-12H,5-10H2,1-4H3,(H,19,20);1H. The van der Waals surface area contributed by atoms with Crippen molar-refractivity contribution in [2.45, 2.75) is 19.5 Å². The Hall–Kier alpha value is -0.780. The van der Waals surface area contributed by atoms with Gasteiger partial charge < -0.3 is 15.0 Å². The van der Waals surface area contributed by atoms with E-state index in [1.807, 2.05) is 11.8 Å². The lowest BCUT2D eigenvalue weighted by Crippen LogP contribution is -2.41. The highest BCUT2D eigenvalue weighted by molar-refractivity contribution is 14.0. The van der Waals surface area contributed by atoms with E-state index in [0.29, 0.717) is 38.6 Å². The maximum atomic E-state index is 12.2.